The normalized spacial score (nSPS) is 9.81. The third-order valence-corrected chi connectivity index (χ3v) is 2.08. The molecule has 0 spiro atoms. The van der Waals surface area contributed by atoms with Crippen LogP contribution in [0.1, 0.15) is 25.7 Å². The first kappa shape index (κ1) is 12.4. The number of unbranched alkanes of at least 4 members (excludes halogenated alkanes) is 3. The lowest BCUT2D eigenvalue weighted by atomic mass is 10.2. The van der Waals surface area contributed by atoms with Crippen LogP contribution in [0.3, 0.4) is 0 Å². The molecule has 0 aromatic heterocycles. The molecular formula is C12H13F2NO. The van der Waals surface area contributed by atoms with Gasteiger partial charge in [0.05, 0.1) is 12.7 Å². The first-order valence-electron chi connectivity index (χ1n) is 5.19. The summed E-state index contributed by atoms with van der Waals surface area (Å²) in [4.78, 5) is 0. The van der Waals surface area contributed by atoms with Gasteiger partial charge in [-0.25, -0.2) is 8.78 Å². The number of benzene rings is 1. The van der Waals surface area contributed by atoms with E-state index in [2.05, 4.69) is 0 Å². The van der Waals surface area contributed by atoms with E-state index in [1.165, 1.54) is 6.07 Å². The monoisotopic (exact) mass is 225 g/mol. The maximum absolute atomic E-state index is 13.1. The van der Waals surface area contributed by atoms with Gasteiger partial charge in [0.1, 0.15) is 5.82 Å². The number of ether oxygens (including phenoxy) is 1. The van der Waals surface area contributed by atoms with E-state index in [0.29, 0.717) is 13.0 Å². The lowest BCUT2D eigenvalue weighted by Crippen LogP contribution is -1.99. The molecule has 1 aromatic carbocycles. The second kappa shape index (κ2) is 6.78. The van der Waals surface area contributed by atoms with Gasteiger partial charge in [0, 0.05) is 12.5 Å². The molecule has 0 saturated heterocycles. The van der Waals surface area contributed by atoms with Gasteiger partial charge in [0.15, 0.2) is 11.6 Å². The van der Waals surface area contributed by atoms with E-state index in [0.717, 1.165) is 31.4 Å². The fourth-order valence-electron chi connectivity index (χ4n) is 1.26. The predicted molar refractivity (Wildman–Crippen MR) is 55.9 cm³/mol. The predicted octanol–water partition coefficient (Wildman–Crippen LogP) is 3.43. The lowest BCUT2D eigenvalue weighted by Gasteiger charge is -2.06. The molecule has 0 atom stereocenters. The molecule has 1 aromatic rings. The Hall–Kier alpha value is -1.63. The summed E-state index contributed by atoms with van der Waals surface area (Å²) in [5.74, 6) is -1.22. The van der Waals surface area contributed by atoms with Gasteiger partial charge in [0.2, 0.25) is 0 Å². The van der Waals surface area contributed by atoms with Gasteiger partial charge < -0.3 is 4.74 Å². The van der Waals surface area contributed by atoms with Crippen molar-refractivity contribution in [3.63, 3.8) is 0 Å². The molecule has 0 aliphatic heterocycles. The van der Waals surface area contributed by atoms with Crippen LogP contribution in [0.4, 0.5) is 8.78 Å². The highest BCUT2D eigenvalue weighted by Gasteiger charge is 2.03. The van der Waals surface area contributed by atoms with Crippen molar-refractivity contribution in [3.05, 3.63) is 29.8 Å². The highest BCUT2D eigenvalue weighted by molar-refractivity contribution is 5.24. The van der Waals surface area contributed by atoms with Crippen LogP contribution in [0.2, 0.25) is 0 Å². The Balaban J connectivity index is 2.25. The summed E-state index contributed by atoms with van der Waals surface area (Å²) in [7, 11) is 0. The number of hydrogen-bond donors (Lipinski definition) is 0. The first-order chi connectivity index (χ1) is 7.74. The number of nitriles is 1. The minimum atomic E-state index is -0.683. The van der Waals surface area contributed by atoms with Crippen LogP contribution in [-0.2, 0) is 0 Å². The molecule has 0 aliphatic carbocycles. The smallest absolute Gasteiger partial charge is 0.167 e. The van der Waals surface area contributed by atoms with Crippen molar-refractivity contribution in [2.24, 2.45) is 0 Å². The Morgan fingerprint density at radius 1 is 1.19 bits per heavy atom. The van der Waals surface area contributed by atoms with E-state index in [1.807, 2.05) is 6.07 Å². The second-order valence-corrected chi connectivity index (χ2v) is 3.39. The zero-order valence-electron chi connectivity index (χ0n) is 8.88. The summed E-state index contributed by atoms with van der Waals surface area (Å²) in [5.41, 5.74) is 0. The molecule has 0 N–H and O–H groups in total. The van der Waals surface area contributed by atoms with Crippen LogP contribution in [0.15, 0.2) is 18.2 Å². The largest absolute Gasteiger partial charge is 0.491 e. The molecule has 86 valence electrons. The maximum atomic E-state index is 13.1. The zero-order chi connectivity index (χ0) is 11.8. The quantitative estimate of drug-likeness (QED) is 0.695. The van der Waals surface area contributed by atoms with Gasteiger partial charge in [-0.2, -0.15) is 5.26 Å². The number of nitrogens with zero attached hydrogens (tertiary/aromatic N) is 1. The molecular weight excluding hydrogens is 212 g/mol. The van der Waals surface area contributed by atoms with Crippen LogP contribution >= 0.6 is 0 Å². The third kappa shape index (κ3) is 4.26. The molecule has 16 heavy (non-hydrogen) atoms. The topological polar surface area (TPSA) is 33.0 Å². The minimum absolute atomic E-state index is 0.0710. The second-order valence-electron chi connectivity index (χ2n) is 3.39. The van der Waals surface area contributed by atoms with Crippen molar-refractivity contribution < 1.29 is 13.5 Å². The third-order valence-electron chi connectivity index (χ3n) is 2.08. The molecule has 4 heteroatoms. The molecule has 0 heterocycles. The average Bonchev–Trinajstić information content (AvgIpc) is 2.26. The fraction of sp³-hybridized carbons (Fsp3) is 0.417. The molecule has 0 saturated carbocycles. The van der Waals surface area contributed by atoms with Crippen LogP contribution in [-0.4, -0.2) is 6.61 Å². The molecule has 0 aliphatic rings. The van der Waals surface area contributed by atoms with E-state index < -0.39 is 11.6 Å². The van der Waals surface area contributed by atoms with Crippen molar-refractivity contribution >= 4 is 0 Å². The highest BCUT2D eigenvalue weighted by atomic mass is 19.1. The summed E-state index contributed by atoms with van der Waals surface area (Å²) in [6.07, 6.45) is 2.99. The molecule has 2 nitrogen and oxygen atoms in total. The number of hydrogen-bond acceptors (Lipinski definition) is 2. The van der Waals surface area contributed by atoms with Gasteiger partial charge in [-0.1, -0.05) is 0 Å². The number of halogens is 2. The summed E-state index contributed by atoms with van der Waals surface area (Å²) in [6.45, 7) is 0.383. The zero-order valence-corrected chi connectivity index (χ0v) is 8.88. The van der Waals surface area contributed by atoms with Crippen LogP contribution in [0.5, 0.6) is 5.75 Å². The van der Waals surface area contributed by atoms with Crippen molar-refractivity contribution in [3.8, 4) is 11.8 Å². The van der Waals surface area contributed by atoms with E-state index in [-0.39, 0.29) is 5.75 Å². The average molecular weight is 225 g/mol. The van der Waals surface area contributed by atoms with Gasteiger partial charge in [-0.05, 0) is 31.4 Å². The fourth-order valence-corrected chi connectivity index (χ4v) is 1.26. The van der Waals surface area contributed by atoms with E-state index in [4.69, 9.17) is 10.00 Å². The van der Waals surface area contributed by atoms with Crippen LogP contribution < -0.4 is 4.74 Å². The van der Waals surface area contributed by atoms with Gasteiger partial charge in [-0.15, -0.1) is 0 Å². The van der Waals surface area contributed by atoms with Crippen molar-refractivity contribution in [2.75, 3.05) is 6.61 Å². The van der Waals surface area contributed by atoms with E-state index >= 15 is 0 Å². The first-order valence-corrected chi connectivity index (χ1v) is 5.19. The Bertz CT molecular complexity index is 374. The Morgan fingerprint density at radius 2 is 2.00 bits per heavy atom. The lowest BCUT2D eigenvalue weighted by molar-refractivity contribution is 0.290. The van der Waals surface area contributed by atoms with E-state index in [9.17, 15) is 8.78 Å². The molecule has 0 bridgehead atoms. The summed E-state index contributed by atoms with van der Waals surface area (Å²) < 4.78 is 30.8. The summed E-state index contributed by atoms with van der Waals surface area (Å²) in [5, 5.41) is 8.30. The Morgan fingerprint density at radius 3 is 2.69 bits per heavy atom. The minimum Gasteiger partial charge on any atom is -0.491 e. The van der Waals surface area contributed by atoms with Crippen LogP contribution in [0.25, 0.3) is 0 Å². The molecule has 0 unspecified atom stereocenters. The standard InChI is InChI=1S/C12H13F2NO/c13-10-5-6-12(11(14)9-10)16-8-4-2-1-3-7-15/h5-6,9H,1-4,8H2. The van der Waals surface area contributed by atoms with E-state index in [1.54, 1.807) is 0 Å². The maximum Gasteiger partial charge on any atom is 0.167 e. The molecule has 0 radical (unpaired) electrons. The van der Waals surface area contributed by atoms with Gasteiger partial charge in [-0.3, -0.25) is 0 Å². The highest BCUT2D eigenvalue weighted by Crippen LogP contribution is 2.17. The summed E-state index contributed by atoms with van der Waals surface area (Å²) in [6, 6.07) is 5.28. The summed E-state index contributed by atoms with van der Waals surface area (Å²) >= 11 is 0. The van der Waals surface area contributed by atoms with Gasteiger partial charge >= 0.3 is 0 Å². The van der Waals surface area contributed by atoms with Crippen molar-refractivity contribution in [1.82, 2.24) is 0 Å². The Labute approximate surface area is 93.5 Å². The molecule has 0 fully saturated rings. The molecule has 1 rings (SSSR count). The SMILES string of the molecule is N#CCCCCCOc1ccc(F)cc1F. The van der Waals surface area contributed by atoms with Gasteiger partial charge in [0.25, 0.3) is 0 Å². The van der Waals surface area contributed by atoms with Crippen LogP contribution in [0, 0.1) is 23.0 Å². The number of rotatable bonds is 6. The van der Waals surface area contributed by atoms with Crippen molar-refractivity contribution in [1.29, 1.82) is 5.26 Å². The van der Waals surface area contributed by atoms with Crippen molar-refractivity contribution in [2.45, 2.75) is 25.7 Å². The Kier molecular flexibility index (Phi) is 5.27. The molecule has 0 amide bonds.